The van der Waals surface area contributed by atoms with Crippen molar-refractivity contribution in [3.8, 4) is 0 Å². The molecule has 328 valence electrons. The van der Waals surface area contributed by atoms with E-state index in [0.717, 1.165) is 12.0 Å². The number of hydrogen-bond donors (Lipinski definition) is 5. The molecule has 60 heavy (non-hydrogen) atoms. The van der Waals surface area contributed by atoms with Crippen molar-refractivity contribution in [3.05, 3.63) is 69.1 Å². The van der Waals surface area contributed by atoms with Gasteiger partial charge in [0, 0.05) is 11.3 Å². The van der Waals surface area contributed by atoms with Gasteiger partial charge in [-0.05, 0) is 91.7 Å². The maximum atomic E-state index is 14.0. The summed E-state index contributed by atoms with van der Waals surface area (Å²) < 4.78 is 12.0. The molecule has 0 saturated heterocycles. The Bertz CT molecular complexity index is 2010. The molecule has 0 saturated carbocycles. The van der Waals surface area contributed by atoms with Crippen molar-refractivity contribution < 1.29 is 48.5 Å². The highest BCUT2D eigenvalue weighted by molar-refractivity contribution is 8.01. The molecule has 1 aromatic heterocycles. The predicted molar refractivity (Wildman–Crippen MR) is 234 cm³/mol. The Morgan fingerprint density at radius 3 is 1.82 bits per heavy atom. The monoisotopic (exact) mass is 850 g/mol. The fourth-order valence-electron chi connectivity index (χ4n) is 7.00. The fourth-order valence-corrected chi connectivity index (χ4v) is 8.03. The van der Waals surface area contributed by atoms with Gasteiger partial charge in [0.15, 0.2) is 0 Å². The van der Waals surface area contributed by atoms with Crippen LogP contribution in [0.25, 0.3) is 6.08 Å². The molecule has 2 heterocycles. The van der Waals surface area contributed by atoms with Crippen LogP contribution in [0.4, 0.5) is 5.82 Å². The number of hydrogen-bond acceptors (Lipinski definition) is 10. The Kier molecular flexibility index (Phi) is 17.5. The van der Waals surface area contributed by atoms with Crippen LogP contribution in [0.1, 0.15) is 139 Å². The molecule has 5 N–H and O–H groups in total. The molecule has 0 fully saturated rings. The molecule has 15 heteroatoms. The number of amides is 2. The molecule has 0 radical (unpaired) electrons. The van der Waals surface area contributed by atoms with Gasteiger partial charge in [-0.15, -0.1) is 11.8 Å². The van der Waals surface area contributed by atoms with Crippen LogP contribution < -0.4 is 10.6 Å². The number of anilines is 1. The lowest BCUT2D eigenvalue weighted by molar-refractivity contribution is -0.148. The second-order valence-corrected chi connectivity index (χ2v) is 18.2. The van der Waals surface area contributed by atoms with E-state index in [0.29, 0.717) is 40.1 Å². The first-order chi connectivity index (χ1) is 28.0. The maximum Gasteiger partial charge on any atom is 0.342 e. The van der Waals surface area contributed by atoms with E-state index >= 15 is 0 Å². The summed E-state index contributed by atoms with van der Waals surface area (Å²) in [7, 11) is 0. The summed E-state index contributed by atoms with van der Waals surface area (Å²) in [6.07, 6.45) is 0.910. The number of benzene rings is 1. The minimum atomic E-state index is -1.40. The van der Waals surface area contributed by atoms with Crippen molar-refractivity contribution in [1.29, 1.82) is 0 Å². The quantitative estimate of drug-likeness (QED) is 0.0847. The lowest BCUT2D eigenvalue weighted by Crippen LogP contribution is -2.36. The summed E-state index contributed by atoms with van der Waals surface area (Å²) in [5.41, 5.74) is 2.87. The number of allylic oxidation sites excluding steroid dienone is 1. The van der Waals surface area contributed by atoms with Crippen LogP contribution in [0.5, 0.6) is 0 Å². The number of carboxylic acid groups (broad SMARTS) is 2. The summed E-state index contributed by atoms with van der Waals surface area (Å²) in [6, 6.07) is 7.24. The van der Waals surface area contributed by atoms with Crippen molar-refractivity contribution in [2.45, 2.75) is 131 Å². The summed E-state index contributed by atoms with van der Waals surface area (Å²) in [5, 5.41) is 21.9. The number of thioether (sulfide) groups is 1. The second-order valence-electron chi connectivity index (χ2n) is 16.7. The lowest BCUT2D eigenvalue weighted by atomic mass is 9.96. The first-order valence-corrected chi connectivity index (χ1v) is 21.4. The molecule has 0 bridgehead atoms. The van der Waals surface area contributed by atoms with Crippen molar-refractivity contribution >= 4 is 65.2 Å². The van der Waals surface area contributed by atoms with Crippen LogP contribution in [0, 0.1) is 30.6 Å². The van der Waals surface area contributed by atoms with E-state index in [2.05, 4.69) is 29.5 Å². The molecular formula is C45H62N4O10S. The van der Waals surface area contributed by atoms with Crippen LogP contribution in [0.3, 0.4) is 0 Å². The number of carbonyl (C=O) groups is 6. The lowest BCUT2D eigenvalue weighted by Gasteiger charge is -2.25. The predicted octanol–water partition coefficient (Wildman–Crippen LogP) is 8.39. The molecule has 2 aromatic rings. The van der Waals surface area contributed by atoms with Gasteiger partial charge in [-0.3, -0.25) is 19.2 Å². The van der Waals surface area contributed by atoms with Crippen LogP contribution in [0.15, 0.2) is 46.1 Å². The van der Waals surface area contributed by atoms with Gasteiger partial charge in [0.1, 0.15) is 40.2 Å². The first kappa shape index (κ1) is 49.2. The number of esters is 2. The highest BCUT2D eigenvalue weighted by atomic mass is 32.2. The Hall–Kier alpha value is -5.18. The molecule has 1 aliphatic heterocycles. The van der Waals surface area contributed by atoms with Gasteiger partial charge in [-0.25, -0.2) is 14.6 Å². The summed E-state index contributed by atoms with van der Waals surface area (Å²) in [6.45, 7) is 24.5. The van der Waals surface area contributed by atoms with Crippen LogP contribution >= 0.6 is 11.8 Å². The molecule has 2 amide bonds. The number of aliphatic carboxylic acids is 2. The van der Waals surface area contributed by atoms with Crippen molar-refractivity contribution in [2.24, 2.45) is 28.7 Å². The molecule has 0 spiro atoms. The van der Waals surface area contributed by atoms with Gasteiger partial charge in [0.2, 0.25) is 5.91 Å². The molecule has 1 aliphatic rings. The third-order valence-corrected chi connectivity index (χ3v) is 11.8. The number of nitrogens with zero attached hydrogens (tertiary/aromatic N) is 1. The summed E-state index contributed by atoms with van der Waals surface area (Å²) in [5.74, 6) is -5.10. The number of carboxylic acids is 2. The minimum absolute atomic E-state index is 0.00190. The molecule has 14 nitrogen and oxygen atoms in total. The Labute approximate surface area is 357 Å². The van der Waals surface area contributed by atoms with Gasteiger partial charge in [0.25, 0.3) is 5.91 Å². The van der Waals surface area contributed by atoms with Gasteiger partial charge in [-0.1, -0.05) is 81.4 Å². The Morgan fingerprint density at radius 2 is 1.33 bits per heavy atom. The molecule has 1 aromatic carbocycles. The second kappa shape index (κ2) is 21.4. The topological polar surface area (TPSA) is 214 Å². The smallest absolute Gasteiger partial charge is 0.342 e. The van der Waals surface area contributed by atoms with Gasteiger partial charge < -0.3 is 35.3 Å². The van der Waals surface area contributed by atoms with E-state index in [-0.39, 0.29) is 52.2 Å². The fraction of sp³-hybridized carbons (Fsp3) is 0.533. The summed E-state index contributed by atoms with van der Waals surface area (Å²) in [4.78, 5) is 86.1. The highest BCUT2D eigenvalue weighted by Crippen LogP contribution is 2.34. The zero-order valence-corrected chi connectivity index (χ0v) is 37.8. The zero-order valence-electron chi connectivity index (χ0n) is 37.0. The van der Waals surface area contributed by atoms with Gasteiger partial charge in [0.05, 0.1) is 17.4 Å². The highest BCUT2D eigenvalue weighted by Gasteiger charge is 2.35. The van der Waals surface area contributed by atoms with Crippen molar-refractivity contribution in [1.82, 2.24) is 10.3 Å². The normalized spacial score (nSPS) is 15.2. The zero-order chi connectivity index (χ0) is 45.3. The average Bonchev–Trinajstić information content (AvgIpc) is 3.64. The van der Waals surface area contributed by atoms with E-state index in [1.54, 1.807) is 32.1 Å². The maximum absolute atomic E-state index is 14.0. The first-order valence-electron chi connectivity index (χ1n) is 20.5. The van der Waals surface area contributed by atoms with Crippen molar-refractivity contribution in [3.63, 3.8) is 0 Å². The third kappa shape index (κ3) is 12.4. The van der Waals surface area contributed by atoms with E-state index in [9.17, 15) is 39.0 Å². The number of rotatable bonds is 19. The van der Waals surface area contributed by atoms with E-state index in [1.807, 2.05) is 67.5 Å². The number of aromatic nitrogens is 1. The molecule has 3 unspecified atom stereocenters. The minimum Gasteiger partial charge on any atom is -0.481 e. The van der Waals surface area contributed by atoms with Gasteiger partial charge in [-0.2, -0.15) is 0 Å². The SMILES string of the molecule is CCC(C)c1ccc(C(=O)NC2=NC(=Cc3[nH]c(NC(=O)C(C)SC(CC(=O)O)C(=O)O)c(C(=O)OC(C(C)C)C(C)C)c3C)C(C)=C2C(=O)OC(C(C)C)C(C)C)cc1. The number of ether oxygens (including phenoxy) is 2. The summed E-state index contributed by atoms with van der Waals surface area (Å²) >= 11 is 0.658. The number of aromatic amines is 1. The third-order valence-electron chi connectivity index (χ3n) is 10.5. The van der Waals surface area contributed by atoms with Crippen LogP contribution in [-0.4, -0.2) is 79.4 Å². The molecule has 0 aliphatic carbocycles. The van der Waals surface area contributed by atoms with E-state index in [1.165, 1.54) is 6.92 Å². The number of nitrogens with one attached hydrogen (secondary N) is 3. The standard InChI is InChI=1S/C45H62N4O10S/c1-14-25(10)29-15-17-30(18-16-29)42(53)49-40-36(45(57)59-38(23(6)7)24(8)9)27(12)32(47-40)19-31-26(11)35(44(56)58-37(21(2)3)22(4)5)39(46-31)48-41(52)28(13)60-33(43(54)55)20-34(50)51/h15-19,21-25,28,33,37-38,46H,14,20H2,1-13H3,(H,48,52)(H,50,51)(H,54,55)(H,47,49,53). The number of aliphatic imine (C=N–C) groups is 1. The van der Waals surface area contributed by atoms with Gasteiger partial charge >= 0.3 is 23.9 Å². The van der Waals surface area contributed by atoms with Crippen molar-refractivity contribution in [2.75, 3.05) is 5.32 Å². The number of H-pyrrole nitrogens is 1. The Balaban J connectivity index is 2.17. The average molecular weight is 851 g/mol. The van der Waals surface area contributed by atoms with E-state index in [4.69, 9.17) is 14.5 Å². The number of carbonyl (C=O) groups excluding carboxylic acids is 4. The molecule has 3 atom stereocenters. The number of amidine groups is 1. The molecule has 3 rings (SSSR count). The van der Waals surface area contributed by atoms with E-state index < -0.39 is 64.8 Å². The Morgan fingerprint density at radius 1 is 0.800 bits per heavy atom. The van der Waals surface area contributed by atoms with Crippen LogP contribution in [0.2, 0.25) is 0 Å². The van der Waals surface area contributed by atoms with Crippen LogP contribution in [-0.2, 0) is 28.7 Å². The molecular weight excluding hydrogens is 789 g/mol. The largest absolute Gasteiger partial charge is 0.481 e.